The van der Waals surface area contributed by atoms with Gasteiger partial charge in [-0.3, -0.25) is 9.59 Å². The number of aliphatic hydroxyl groups is 1. The highest BCUT2D eigenvalue weighted by Gasteiger charge is 2.07. The second-order valence-electron chi connectivity index (χ2n) is 2.94. The highest BCUT2D eigenvalue weighted by Crippen LogP contribution is 1.88. The highest BCUT2D eigenvalue weighted by atomic mass is 16.4. The third-order valence-corrected chi connectivity index (χ3v) is 1.47. The molecule has 1 atom stereocenters. The fourth-order valence-corrected chi connectivity index (χ4v) is 0.869. The van der Waals surface area contributed by atoms with E-state index < -0.39 is 12.1 Å². The Balaban J connectivity index is 3.27. The lowest BCUT2D eigenvalue weighted by atomic mass is 10.2. The average molecular weight is 204 g/mol. The van der Waals surface area contributed by atoms with Gasteiger partial charge in [-0.15, -0.1) is 0 Å². The second-order valence-corrected chi connectivity index (χ2v) is 2.94. The molecule has 0 bridgehead atoms. The van der Waals surface area contributed by atoms with Gasteiger partial charge in [-0.25, -0.2) is 0 Å². The third kappa shape index (κ3) is 8.95. The van der Waals surface area contributed by atoms with Gasteiger partial charge in [0, 0.05) is 26.6 Å². The Morgan fingerprint density at radius 3 is 2.50 bits per heavy atom. The second kappa shape index (κ2) is 7.28. The minimum Gasteiger partial charge on any atom is -0.481 e. The van der Waals surface area contributed by atoms with Crippen molar-refractivity contribution in [1.82, 2.24) is 10.6 Å². The van der Waals surface area contributed by atoms with Crippen LogP contribution in [-0.4, -0.2) is 47.8 Å². The van der Waals surface area contributed by atoms with E-state index in [1.165, 1.54) is 6.92 Å². The highest BCUT2D eigenvalue weighted by molar-refractivity contribution is 5.72. The summed E-state index contributed by atoms with van der Waals surface area (Å²) in [6.07, 6.45) is -1.16. The smallest absolute Gasteiger partial charge is 0.306 e. The molecule has 6 heteroatoms. The van der Waals surface area contributed by atoms with Crippen LogP contribution in [0.2, 0.25) is 0 Å². The number of carbonyl (C=O) groups excluding carboxylic acids is 1. The number of amides is 1. The van der Waals surface area contributed by atoms with Gasteiger partial charge in [0.15, 0.2) is 0 Å². The van der Waals surface area contributed by atoms with Crippen LogP contribution in [0.1, 0.15) is 13.3 Å². The zero-order chi connectivity index (χ0) is 11.0. The Morgan fingerprint density at radius 2 is 2.00 bits per heavy atom. The van der Waals surface area contributed by atoms with E-state index >= 15 is 0 Å². The Morgan fingerprint density at radius 1 is 1.36 bits per heavy atom. The summed E-state index contributed by atoms with van der Waals surface area (Å²) >= 11 is 0. The summed E-state index contributed by atoms with van der Waals surface area (Å²) in [6.45, 7) is 2.61. The first kappa shape index (κ1) is 12.9. The van der Waals surface area contributed by atoms with Crippen LogP contribution in [0.3, 0.4) is 0 Å². The summed E-state index contributed by atoms with van der Waals surface area (Å²) < 4.78 is 0. The molecule has 14 heavy (non-hydrogen) atoms. The molecule has 0 aliphatic heterocycles. The molecule has 1 amide bonds. The van der Waals surface area contributed by atoms with Gasteiger partial charge in [0.05, 0.1) is 12.5 Å². The molecule has 0 aromatic heterocycles. The maximum absolute atomic E-state index is 10.4. The Kier molecular flexibility index (Phi) is 6.69. The van der Waals surface area contributed by atoms with Crippen molar-refractivity contribution in [3.63, 3.8) is 0 Å². The van der Waals surface area contributed by atoms with E-state index in [1.54, 1.807) is 0 Å². The lowest BCUT2D eigenvalue weighted by molar-refractivity contribution is -0.139. The molecule has 4 N–H and O–H groups in total. The molecule has 1 unspecified atom stereocenters. The fourth-order valence-electron chi connectivity index (χ4n) is 0.869. The lowest BCUT2D eigenvalue weighted by Crippen LogP contribution is -2.35. The standard InChI is InChI=1S/C8H16N2O4/c1-6(11)10-3-2-9-5-7(12)4-8(13)14/h7,9,12H,2-5H2,1H3,(H,10,11)(H,13,14). The molecule has 0 spiro atoms. The van der Waals surface area contributed by atoms with Gasteiger partial charge >= 0.3 is 5.97 Å². The molecule has 0 aliphatic carbocycles. The number of nitrogens with one attached hydrogen (secondary N) is 2. The fraction of sp³-hybridized carbons (Fsp3) is 0.750. The SMILES string of the molecule is CC(=O)NCCNCC(O)CC(=O)O. The molecular weight excluding hydrogens is 188 g/mol. The summed E-state index contributed by atoms with van der Waals surface area (Å²) in [4.78, 5) is 20.6. The van der Waals surface area contributed by atoms with E-state index in [1.807, 2.05) is 0 Å². The normalized spacial score (nSPS) is 12.1. The number of aliphatic hydroxyl groups excluding tert-OH is 1. The van der Waals surface area contributed by atoms with Gasteiger partial charge in [-0.1, -0.05) is 0 Å². The lowest BCUT2D eigenvalue weighted by Gasteiger charge is -2.09. The average Bonchev–Trinajstić information content (AvgIpc) is 2.01. The van der Waals surface area contributed by atoms with Crippen LogP contribution in [0.25, 0.3) is 0 Å². The molecule has 0 saturated carbocycles. The van der Waals surface area contributed by atoms with E-state index in [0.29, 0.717) is 13.1 Å². The number of carboxylic acid groups (broad SMARTS) is 1. The number of hydrogen-bond donors (Lipinski definition) is 4. The van der Waals surface area contributed by atoms with E-state index in [4.69, 9.17) is 10.2 Å². The van der Waals surface area contributed by atoms with Crippen LogP contribution >= 0.6 is 0 Å². The summed E-state index contributed by atoms with van der Waals surface area (Å²) in [5, 5.41) is 22.8. The molecule has 0 aromatic rings. The van der Waals surface area contributed by atoms with Gasteiger partial charge < -0.3 is 20.8 Å². The van der Waals surface area contributed by atoms with Crippen molar-refractivity contribution >= 4 is 11.9 Å². The third-order valence-electron chi connectivity index (χ3n) is 1.47. The maximum Gasteiger partial charge on any atom is 0.306 e. The number of aliphatic carboxylic acids is 1. The monoisotopic (exact) mass is 204 g/mol. The minimum absolute atomic E-state index is 0.113. The van der Waals surface area contributed by atoms with Crippen molar-refractivity contribution in [3.8, 4) is 0 Å². The van der Waals surface area contributed by atoms with E-state index in [9.17, 15) is 9.59 Å². The first-order valence-electron chi connectivity index (χ1n) is 4.37. The minimum atomic E-state index is -1.03. The summed E-state index contributed by atoms with van der Waals surface area (Å²) in [5.41, 5.74) is 0. The largest absolute Gasteiger partial charge is 0.481 e. The van der Waals surface area contributed by atoms with Crippen LogP contribution < -0.4 is 10.6 Å². The van der Waals surface area contributed by atoms with Gasteiger partial charge in [0.2, 0.25) is 5.91 Å². The van der Waals surface area contributed by atoms with Crippen molar-refractivity contribution in [2.24, 2.45) is 0 Å². The summed E-state index contributed by atoms with van der Waals surface area (Å²) in [6, 6.07) is 0. The Bertz CT molecular complexity index is 196. The zero-order valence-corrected chi connectivity index (χ0v) is 8.12. The van der Waals surface area contributed by atoms with Crippen LogP contribution in [-0.2, 0) is 9.59 Å². The topological polar surface area (TPSA) is 98.7 Å². The van der Waals surface area contributed by atoms with Gasteiger partial charge in [0.1, 0.15) is 0 Å². The quantitative estimate of drug-likeness (QED) is 0.380. The number of hydrogen-bond acceptors (Lipinski definition) is 4. The molecule has 82 valence electrons. The van der Waals surface area contributed by atoms with Crippen LogP contribution in [0.4, 0.5) is 0 Å². The maximum atomic E-state index is 10.4. The molecule has 0 aliphatic rings. The molecule has 0 radical (unpaired) electrons. The zero-order valence-electron chi connectivity index (χ0n) is 8.12. The Hall–Kier alpha value is -1.14. The molecule has 0 saturated heterocycles. The van der Waals surface area contributed by atoms with Crippen molar-refractivity contribution in [3.05, 3.63) is 0 Å². The molecule has 6 nitrogen and oxygen atoms in total. The van der Waals surface area contributed by atoms with E-state index in [2.05, 4.69) is 10.6 Å². The Labute approximate surface area is 82.3 Å². The van der Waals surface area contributed by atoms with Crippen LogP contribution in [0.15, 0.2) is 0 Å². The molecule has 0 fully saturated rings. The molecular formula is C8H16N2O4. The predicted octanol–water partition coefficient (Wildman–Crippen LogP) is -1.45. The summed E-state index contributed by atoms with van der Waals surface area (Å²) in [7, 11) is 0. The predicted molar refractivity (Wildman–Crippen MR) is 49.8 cm³/mol. The van der Waals surface area contributed by atoms with Crippen molar-refractivity contribution in [2.75, 3.05) is 19.6 Å². The van der Waals surface area contributed by atoms with Crippen LogP contribution in [0.5, 0.6) is 0 Å². The van der Waals surface area contributed by atoms with Crippen LogP contribution in [0, 0.1) is 0 Å². The van der Waals surface area contributed by atoms with Gasteiger partial charge in [0.25, 0.3) is 0 Å². The van der Waals surface area contributed by atoms with E-state index in [-0.39, 0.29) is 18.9 Å². The first-order chi connectivity index (χ1) is 6.52. The van der Waals surface area contributed by atoms with E-state index in [0.717, 1.165) is 0 Å². The number of carboxylic acids is 1. The summed E-state index contributed by atoms with van der Waals surface area (Å²) in [5.74, 6) is -1.14. The van der Waals surface area contributed by atoms with Crippen molar-refractivity contribution in [1.29, 1.82) is 0 Å². The first-order valence-corrected chi connectivity index (χ1v) is 4.37. The van der Waals surface area contributed by atoms with Crippen molar-refractivity contribution in [2.45, 2.75) is 19.4 Å². The molecule has 0 aromatic carbocycles. The molecule has 0 rings (SSSR count). The number of rotatable bonds is 7. The molecule has 0 heterocycles. The number of carbonyl (C=O) groups is 2. The van der Waals surface area contributed by atoms with Crippen molar-refractivity contribution < 1.29 is 19.8 Å². The van der Waals surface area contributed by atoms with Gasteiger partial charge in [-0.2, -0.15) is 0 Å². The van der Waals surface area contributed by atoms with Gasteiger partial charge in [-0.05, 0) is 0 Å².